The lowest BCUT2D eigenvalue weighted by atomic mass is 9.70. The molecule has 4 heteroatoms. The van der Waals surface area contributed by atoms with Gasteiger partial charge in [0.1, 0.15) is 0 Å². The van der Waals surface area contributed by atoms with Crippen LogP contribution in [0.25, 0.3) is 11.1 Å². The summed E-state index contributed by atoms with van der Waals surface area (Å²) in [6.07, 6.45) is 2.13. The number of amides is 1. The lowest BCUT2D eigenvalue weighted by Gasteiger charge is -2.35. The van der Waals surface area contributed by atoms with E-state index in [1.54, 1.807) is 0 Å². The van der Waals surface area contributed by atoms with E-state index in [9.17, 15) is 9.59 Å². The summed E-state index contributed by atoms with van der Waals surface area (Å²) in [4.78, 5) is 23.5. The molecule has 2 aromatic rings. The maximum atomic E-state index is 12.5. The fraction of sp³-hybridized carbons (Fsp3) is 0.333. The van der Waals surface area contributed by atoms with Gasteiger partial charge in [-0.25, -0.2) is 0 Å². The van der Waals surface area contributed by atoms with Crippen LogP contribution in [0.4, 0.5) is 5.69 Å². The van der Waals surface area contributed by atoms with Crippen LogP contribution in [0.5, 0.6) is 0 Å². The number of carboxylic acids is 1. The lowest BCUT2D eigenvalue weighted by Crippen LogP contribution is -2.37. The summed E-state index contributed by atoms with van der Waals surface area (Å²) < 4.78 is 0. The van der Waals surface area contributed by atoms with E-state index in [0.717, 1.165) is 28.8 Å². The number of aliphatic carboxylic acids is 1. The first-order valence-corrected chi connectivity index (χ1v) is 8.68. The summed E-state index contributed by atoms with van der Waals surface area (Å²) in [6, 6.07) is 16.1. The number of aryl methyl sites for hydroxylation is 1. The van der Waals surface area contributed by atoms with E-state index in [0.29, 0.717) is 12.8 Å². The summed E-state index contributed by atoms with van der Waals surface area (Å²) in [5, 5.41) is 12.1. The van der Waals surface area contributed by atoms with Crippen molar-refractivity contribution in [1.82, 2.24) is 0 Å². The van der Waals surface area contributed by atoms with Crippen LogP contribution in [0.1, 0.15) is 24.8 Å². The second-order valence-electron chi connectivity index (χ2n) is 7.45. The van der Waals surface area contributed by atoms with E-state index in [-0.39, 0.29) is 23.2 Å². The topological polar surface area (TPSA) is 66.4 Å². The van der Waals surface area contributed by atoms with Crippen molar-refractivity contribution in [3.8, 4) is 11.1 Å². The molecule has 2 saturated carbocycles. The number of hydrogen-bond acceptors (Lipinski definition) is 2. The van der Waals surface area contributed by atoms with Gasteiger partial charge in [-0.2, -0.15) is 0 Å². The molecule has 4 rings (SSSR count). The van der Waals surface area contributed by atoms with Crippen molar-refractivity contribution in [1.29, 1.82) is 0 Å². The van der Waals surface area contributed by atoms with Gasteiger partial charge in [0.2, 0.25) is 5.91 Å². The van der Waals surface area contributed by atoms with Crippen LogP contribution in [0.2, 0.25) is 0 Å². The highest BCUT2D eigenvalue weighted by atomic mass is 16.4. The van der Waals surface area contributed by atoms with Crippen LogP contribution in [-0.4, -0.2) is 17.0 Å². The molecule has 1 spiro atoms. The van der Waals surface area contributed by atoms with Gasteiger partial charge in [-0.15, -0.1) is 0 Å². The van der Waals surface area contributed by atoms with Crippen molar-refractivity contribution in [3.05, 3.63) is 54.1 Å². The van der Waals surface area contributed by atoms with Gasteiger partial charge < -0.3 is 10.4 Å². The average Bonchev–Trinajstić information content (AvgIpc) is 3.32. The number of carbonyl (C=O) groups is 2. The van der Waals surface area contributed by atoms with Crippen molar-refractivity contribution in [2.45, 2.75) is 26.2 Å². The molecular weight excluding hydrogens is 314 g/mol. The quantitative estimate of drug-likeness (QED) is 0.884. The number of anilines is 1. The zero-order chi connectivity index (χ0) is 17.6. The molecule has 1 amide bonds. The van der Waals surface area contributed by atoms with Crippen molar-refractivity contribution in [2.75, 3.05) is 5.32 Å². The summed E-state index contributed by atoms with van der Waals surface area (Å²) in [6.45, 7) is 2.06. The Labute approximate surface area is 146 Å². The average molecular weight is 335 g/mol. The summed E-state index contributed by atoms with van der Waals surface area (Å²) in [5.74, 6) is -1.01. The summed E-state index contributed by atoms with van der Waals surface area (Å²) >= 11 is 0. The first-order chi connectivity index (χ1) is 12.0. The van der Waals surface area contributed by atoms with Gasteiger partial charge in [0, 0.05) is 11.6 Å². The summed E-state index contributed by atoms with van der Waals surface area (Å²) in [7, 11) is 0. The van der Waals surface area contributed by atoms with E-state index < -0.39 is 5.97 Å². The number of carbonyl (C=O) groups excluding carboxylic acids is 1. The standard InChI is InChI=1S/C21H21NO3/c1-13-7-8-16(9-17(13)14-5-3-2-4-6-14)22-19(23)15-10-21(11-15)12-18(21)20(24)25/h2-9,15,18H,10-12H2,1H3,(H,22,23)(H,24,25). The van der Waals surface area contributed by atoms with Crippen LogP contribution >= 0.6 is 0 Å². The molecule has 2 N–H and O–H groups in total. The molecule has 0 saturated heterocycles. The Morgan fingerprint density at radius 3 is 2.44 bits per heavy atom. The van der Waals surface area contributed by atoms with Crippen molar-refractivity contribution < 1.29 is 14.7 Å². The zero-order valence-corrected chi connectivity index (χ0v) is 14.2. The predicted octanol–water partition coefficient (Wildman–Crippen LogP) is 4.10. The molecule has 0 bridgehead atoms. The van der Waals surface area contributed by atoms with Crippen molar-refractivity contribution in [3.63, 3.8) is 0 Å². The molecule has 1 atom stereocenters. The van der Waals surface area contributed by atoms with E-state index in [4.69, 9.17) is 5.11 Å². The van der Waals surface area contributed by atoms with Crippen LogP contribution in [0, 0.1) is 24.2 Å². The predicted molar refractivity (Wildman–Crippen MR) is 96.1 cm³/mol. The van der Waals surface area contributed by atoms with E-state index in [1.807, 2.05) is 36.4 Å². The highest BCUT2D eigenvalue weighted by Crippen LogP contribution is 2.67. The van der Waals surface area contributed by atoms with E-state index >= 15 is 0 Å². The van der Waals surface area contributed by atoms with Crippen LogP contribution < -0.4 is 5.32 Å². The number of carboxylic acid groups (broad SMARTS) is 1. The zero-order valence-electron chi connectivity index (χ0n) is 14.2. The fourth-order valence-electron chi connectivity index (χ4n) is 4.13. The van der Waals surface area contributed by atoms with Gasteiger partial charge in [-0.05, 0) is 60.4 Å². The number of hydrogen-bond donors (Lipinski definition) is 2. The maximum Gasteiger partial charge on any atom is 0.307 e. The third-order valence-corrected chi connectivity index (χ3v) is 5.75. The van der Waals surface area contributed by atoms with Crippen LogP contribution in [-0.2, 0) is 9.59 Å². The minimum Gasteiger partial charge on any atom is -0.481 e. The third-order valence-electron chi connectivity index (χ3n) is 5.75. The number of benzene rings is 2. The molecule has 0 radical (unpaired) electrons. The molecule has 128 valence electrons. The van der Waals surface area contributed by atoms with Crippen molar-refractivity contribution in [2.24, 2.45) is 17.3 Å². The monoisotopic (exact) mass is 335 g/mol. The lowest BCUT2D eigenvalue weighted by molar-refractivity contribution is -0.141. The Kier molecular flexibility index (Phi) is 3.64. The number of rotatable bonds is 4. The smallest absolute Gasteiger partial charge is 0.307 e. The fourth-order valence-corrected chi connectivity index (χ4v) is 4.13. The molecule has 0 aromatic heterocycles. The highest BCUT2D eigenvalue weighted by Gasteiger charge is 2.65. The van der Waals surface area contributed by atoms with Gasteiger partial charge in [-0.1, -0.05) is 36.4 Å². The van der Waals surface area contributed by atoms with Crippen LogP contribution in [0.3, 0.4) is 0 Å². The molecule has 25 heavy (non-hydrogen) atoms. The van der Waals surface area contributed by atoms with E-state index in [2.05, 4.69) is 24.4 Å². The van der Waals surface area contributed by atoms with Crippen LogP contribution in [0.15, 0.2) is 48.5 Å². The Balaban J connectivity index is 1.44. The highest BCUT2D eigenvalue weighted by molar-refractivity contribution is 5.94. The van der Waals surface area contributed by atoms with E-state index in [1.165, 1.54) is 0 Å². The molecule has 2 aromatic carbocycles. The Hall–Kier alpha value is -2.62. The number of nitrogens with one attached hydrogen (secondary N) is 1. The normalized spacial score (nSPS) is 26.8. The minimum absolute atomic E-state index is 0.00419. The Bertz CT molecular complexity index is 837. The molecule has 2 fully saturated rings. The van der Waals surface area contributed by atoms with Crippen molar-refractivity contribution >= 4 is 17.6 Å². The van der Waals surface area contributed by atoms with Gasteiger partial charge in [0.05, 0.1) is 5.92 Å². The van der Waals surface area contributed by atoms with Gasteiger partial charge in [-0.3, -0.25) is 9.59 Å². The maximum absolute atomic E-state index is 12.5. The third kappa shape index (κ3) is 2.82. The second-order valence-corrected chi connectivity index (χ2v) is 7.45. The molecule has 0 heterocycles. The molecular formula is C21H21NO3. The van der Waals surface area contributed by atoms with Gasteiger partial charge in [0.15, 0.2) is 0 Å². The Morgan fingerprint density at radius 1 is 1.08 bits per heavy atom. The minimum atomic E-state index is -0.718. The first-order valence-electron chi connectivity index (χ1n) is 8.68. The molecule has 4 nitrogen and oxygen atoms in total. The van der Waals surface area contributed by atoms with Gasteiger partial charge >= 0.3 is 5.97 Å². The Morgan fingerprint density at radius 2 is 1.80 bits per heavy atom. The SMILES string of the molecule is Cc1ccc(NC(=O)C2CC3(C2)CC3C(=O)O)cc1-c1ccccc1. The molecule has 2 aliphatic rings. The second kappa shape index (κ2) is 5.73. The van der Waals surface area contributed by atoms with Gasteiger partial charge in [0.25, 0.3) is 0 Å². The largest absolute Gasteiger partial charge is 0.481 e. The molecule has 2 aliphatic carbocycles. The summed E-state index contributed by atoms with van der Waals surface area (Å²) in [5.41, 5.74) is 4.10. The molecule has 0 aliphatic heterocycles. The molecule has 1 unspecified atom stereocenters. The first kappa shape index (κ1) is 15.9.